The van der Waals surface area contributed by atoms with Gasteiger partial charge in [-0.25, -0.2) is 14.4 Å². The van der Waals surface area contributed by atoms with E-state index in [1.54, 1.807) is 24.5 Å². The van der Waals surface area contributed by atoms with Crippen molar-refractivity contribution >= 4 is 17.4 Å². The molecule has 1 saturated heterocycles. The Morgan fingerprint density at radius 1 is 1.17 bits per heavy atom. The van der Waals surface area contributed by atoms with E-state index in [0.29, 0.717) is 30.3 Å². The summed E-state index contributed by atoms with van der Waals surface area (Å²) < 4.78 is 13.6. The van der Waals surface area contributed by atoms with Crippen molar-refractivity contribution < 1.29 is 9.18 Å². The number of nitrogens with zero attached hydrogens (tertiary/aromatic N) is 4. The van der Waals surface area contributed by atoms with Crippen molar-refractivity contribution in [1.29, 1.82) is 0 Å². The van der Waals surface area contributed by atoms with Crippen molar-refractivity contribution in [3.63, 3.8) is 0 Å². The predicted molar refractivity (Wildman–Crippen MR) is 114 cm³/mol. The first kappa shape index (κ1) is 19.9. The second-order valence-electron chi connectivity index (χ2n) is 7.32. The third-order valence-corrected chi connectivity index (χ3v) is 5.24. The van der Waals surface area contributed by atoms with E-state index in [0.717, 1.165) is 30.5 Å². The number of piperidine rings is 1. The molecule has 0 saturated carbocycles. The summed E-state index contributed by atoms with van der Waals surface area (Å²) in [5, 5.41) is 3.18. The van der Waals surface area contributed by atoms with Crippen LogP contribution in [0, 0.1) is 5.82 Å². The predicted octanol–water partition coefficient (Wildman–Crippen LogP) is 4.88. The van der Waals surface area contributed by atoms with Gasteiger partial charge in [-0.3, -0.25) is 9.78 Å². The fraction of sp³-hybridized carbons (Fsp3) is 0.304. The van der Waals surface area contributed by atoms with Gasteiger partial charge in [0.2, 0.25) is 5.91 Å². The van der Waals surface area contributed by atoms with Crippen molar-refractivity contribution in [3.8, 4) is 11.3 Å². The summed E-state index contributed by atoms with van der Waals surface area (Å²) in [6, 6.07) is 11.7. The molecule has 0 aliphatic carbocycles. The summed E-state index contributed by atoms with van der Waals surface area (Å²) in [5.74, 6) is 0.949. The highest BCUT2D eigenvalue weighted by Gasteiger charge is 2.29. The van der Waals surface area contributed by atoms with E-state index in [9.17, 15) is 9.18 Å². The van der Waals surface area contributed by atoms with Crippen LogP contribution in [0.15, 0.2) is 54.9 Å². The van der Waals surface area contributed by atoms with Crippen LogP contribution in [0.2, 0.25) is 0 Å². The number of nitrogens with one attached hydrogen (secondary N) is 1. The number of hydrogen-bond donors (Lipinski definition) is 1. The van der Waals surface area contributed by atoms with Gasteiger partial charge in [0.1, 0.15) is 11.6 Å². The zero-order chi connectivity index (χ0) is 20.9. The van der Waals surface area contributed by atoms with Crippen LogP contribution in [0.5, 0.6) is 0 Å². The largest absolute Gasteiger partial charge is 0.340 e. The third-order valence-electron chi connectivity index (χ3n) is 5.24. The van der Waals surface area contributed by atoms with E-state index in [2.05, 4.69) is 10.3 Å². The molecule has 0 unspecified atom stereocenters. The van der Waals surface area contributed by atoms with Gasteiger partial charge in [0.05, 0.1) is 11.7 Å². The number of hydrogen-bond acceptors (Lipinski definition) is 5. The van der Waals surface area contributed by atoms with E-state index in [4.69, 9.17) is 9.97 Å². The molecule has 1 N–H and O–H groups in total. The van der Waals surface area contributed by atoms with Gasteiger partial charge >= 0.3 is 0 Å². The Kier molecular flexibility index (Phi) is 5.97. The quantitative estimate of drug-likeness (QED) is 0.655. The highest BCUT2D eigenvalue weighted by atomic mass is 19.1. The van der Waals surface area contributed by atoms with Gasteiger partial charge < -0.3 is 10.2 Å². The molecule has 1 aromatic carbocycles. The highest BCUT2D eigenvalue weighted by molar-refractivity contribution is 5.76. The Hall–Kier alpha value is -3.35. The zero-order valence-corrected chi connectivity index (χ0v) is 16.9. The van der Waals surface area contributed by atoms with Crippen LogP contribution >= 0.6 is 0 Å². The van der Waals surface area contributed by atoms with Crippen molar-refractivity contribution in [2.24, 2.45) is 0 Å². The van der Waals surface area contributed by atoms with Crippen LogP contribution in [-0.2, 0) is 4.79 Å². The molecule has 0 bridgehead atoms. The molecule has 154 valence electrons. The number of rotatable bonds is 5. The molecule has 1 atom stereocenters. The molecular weight excluding hydrogens is 381 g/mol. The van der Waals surface area contributed by atoms with Gasteiger partial charge in [-0.15, -0.1) is 0 Å². The number of likely N-dealkylation sites (tertiary alicyclic amines) is 1. The average Bonchev–Trinajstić information content (AvgIpc) is 2.79. The maximum atomic E-state index is 13.6. The average molecular weight is 405 g/mol. The van der Waals surface area contributed by atoms with Crippen LogP contribution in [-0.4, -0.2) is 32.3 Å². The first-order valence-electron chi connectivity index (χ1n) is 10.3. The lowest BCUT2D eigenvalue weighted by Gasteiger charge is -2.35. The fourth-order valence-corrected chi connectivity index (χ4v) is 3.77. The van der Waals surface area contributed by atoms with E-state index >= 15 is 0 Å². The topological polar surface area (TPSA) is 71.0 Å². The minimum Gasteiger partial charge on any atom is -0.340 e. The number of carbonyl (C=O) groups excluding carboxylic acids is 1. The molecule has 4 rings (SSSR count). The van der Waals surface area contributed by atoms with Crippen LogP contribution in [0.1, 0.15) is 44.5 Å². The summed E-state index contributed by atoms with van der Waals surface area (Å²) in [6.07, 6.45) is 6.71. The standard InChI is InChI=1S/C23H24FN5O/c1-2-22(30)29-13-4-3-8-20(29)23-27-19(16-9-11-25-12-10-16)15-21(28-23)26-18-7-5-6-17(24)14-18/h5-7,9-12,14-15,20H,2-4,8,13H2,1H3,(H,26,27,28)/t20-/m1/s1. The third kappa shape index (κ3) is 4.45. The second-order valence-corrected chi connectivity index (χ2v) is 7.32. The molecule has 0 radical (unpaired) electrons. The molecule has 30 heavy (non-hydrogen) atoms. The van der Waals surface area contributed by atoms with Crippen LogP contribution in [0.4, 0.5) is 15.9 Å². The number of pyridine rings is 1. The smallest absolute Gasteiger partial charge is 0.222 e. The fourth-order valence-electron chi connectivity index (χ4n) is 3.77. The number of aromatic nitrogens is 3. The molecule has 3 heterocycles. The van der Waals surface area contributed by atoms with E-state index < -0.39 is 0 Å². The lowest BCUT2D eigenvalue weighted by molar-refractivity contribution is -0.134. The molecular formula is C23H24FN5O. The van der Waals surface area contributed by atoms with Gasteiger partial charge in [-0.2, -0.15) is 0 Å². The number of carbonyl (C=O) groups is 1. The molecule has 1 amide bonds. The number of anilines is 2. The summed E-state index contributed by atoms with van der Waals surface area (Å²) in [4.78, 5) is 28.0. The number of benzene rings is 1. The van der Waals surface area contributed by atoms with Crippen LogP contribution < -0.4 is 5.32 Å². The molecule has 2 aromatic heterocycles. The van der Waals surface area contributed by atoms with Gasteiger partial charge in [-0.05, 0) is 49.6 Å². The lowest BCUT2D eigenvalue weighted by atomic mass is 10.0. The maximum absolute atomic E-state index is 13.6. The SMILES string of the molecule is CCC(=O)N1CCCC[C@@H]1c1nc(Nc2cccc(F)c2)cc(-c2ccncc2)n1. The molecule has 0 spiro atoms. The highest BCUT2D eigenvalue weighted by Crippen LogP contribution is 2.32. The summed E-state index contributed by atoms with van der Waals surface area (Å²) in [7, 11) is 0. The number of amides is 1. The van der Waals surface area contributed by atoms with Gasteiger partial charge in [0.15, 0.2) is 5.82 Å². The van der Waals surface area contributed by atoms with Gasteiger partial charge in [0, 0.05) is 42.7 Å². The Morgan fingerprint density at radius 2 is 2.00 bits per heavy atom. The normalized spacial score (nSPS) is 16.3. The molecule has 6 nitrogen and oxygen atoms in total. The minimum atomic E-state index is -0.323. The Morgan fingerprint density at radius 3 is 2.77 bits per heavy atom. The Labute approximate surface area is 175 Å². The summed E-state index contributed by atoms with van der Waals surface area (Å²) in [6.45, 7) is 2.59. The molecule has 1 aliphatic rings. The van der Waals surface area contributed by atoms with Gasteiger partial charge in [-0.1, -0.05) is 13.0 Å². The maximum Gasteiger partial charge on any atom is 0.222 e. The summed E-state index contributed by atoms with van der Waals surface area (Å²) >= 11 is 0. The second kappa shape index (κ2) is 8.98. The molecule has 1 aliphatic heterocycles. The minimum absolute atomic E-state index is 0.109. The molecule has 7 heteroatoms. The summed E-state index contributed by atoms with van der Waals surface area (Å²) in [5.41, 5.74) is 2.24. The van der Waals surface area contributed by atoms with E-state index in [1.807, 2.05) is 30.0 Å². The van der Waals surface area contributed by atoms with Crippen LogP contribution in [0.25, 0.3) is 11.3 Å². The monoisotopic (exact) mass is 405 g/mol. The molecule has 3 aromatic rings. The van der Waals surface area contributed by atoms with Crippen molar-refractivity contribution in [3.05, 3.63) is 66.5 Å². The van der Waals surface area contributed by atoms with Crippen molar-refractivity contribution in [2.75, 3.05) is 11.9 Å². The first-order chi connectivity index (χ1) is 14.6. The Balaban J connectivity index is 1.76. The molecule has 1 fully saturated rings. The van der Waals surface area contributed by atoms with Crippen molar-refractivity contribution in [1.82, 2.24) is 19.9 Å². The van der Waals surface area contributed by atoms with Crippen molar-refractivity contribution in [2.45, 2.75) is 38.6 Å². The van der Waals surface area contributed by atoms with E-state index in [1.165, 1.54) is 12.1 Å². The van der Waals surface area contributed by atoms with Gasteiger partial charge in [0.25, 0.3) is 0 Å². The zero-order valence-electron chi connectivity index (χ0n) is 16.9. The first-order valence-corrected chi connectivity index (χ1v) is 10.3. The Bertz CT molecular complexity index is 1030. The number of halogens is 1. The van der Waals surface area contributed by atoms with Crippen LogP contribution in [0.3, 0.4) is 0 Å². The van der Waals surface area contributed by atoms with E-state index in [-0.39, 0.29) is 17.8 Å². The lowest BCUT2D eigenvalue weighted by Crippen LogP contribution is -2.39.